The first-order chi connectivity index (χ1) is 20.3. The van der Waals surface area contributed by atoms with Crippen molar-refractivity contribution in [1.29, 1.82) is 5.26 Å². The second kappa shape index (κ2) is 12.4. The summed E-state index contributed by atoms with van der Waals surface area (Å²) in [4.78, 5) is 12.5. The van der Waals surface area contributed by atoms with E-state index in [9.17, 15) is 14.4 Å². The van der Waals surface area contributed by atoms with E-state index in [2.05, 4.69) is 6.07 Å². The summed E-state index contributed by atoms with van der Waals surface area (Å²) in [7, 11) is 0. The molecule has 0 fully saturated rings. The van der Waals surface area contributed by atoms with E-state index in [4.69, 9.17) is 47.9 Å². The van der Waals surface area contributed by atoms with Crippen molar-refractivity contribution in [3.8, 4) is 29.1 Å². The summed E-state index contributed by atoms with van der Waals surface area (Å²) in [6.45, 7) is 2.39. The maximum Gasteiger partial charge on any atom is 0.346 e. The number of benzene rings is 4. The molecule has 0 amide bonds. The second-order valence-corrected chi connectivity index (χ2v) is 10.0. The lowest BCUT2D eigenvalue weighted by Crippen LogP contribution is -2.21. The number of rotatable bonds is 8. The molecule has 0 saturated carbocycles. The number of carbonyl (C=O) groups is 1. The minimum atomic E-state index is -0.863. The summed E-state index contributed by atoms with van der Waals surface area (Å²) in [5.74, 6) is -0.934. The quantitative estimate of drug-likeness (QED) is 0.163. The third kappa shape index (κ3) is 5.98. The standard InChI is InChI=1S/C32H23Cl2FN2O5/c1-2-39-29-13-18(8-12-27(29)40-17-19-7-9-20(33)14-25(19)34)30-23-11-10-21(15-28(23)42-31(37)24(30)16-36)41-32(38)22-5-3-4-6-26(22)35/h3-15,30H,2,17,37H2,1H3. The van der Waals surface area contributed by atoms with Gasteiger partial charge in [-0.25, -0.2) is 9.18 Å². The topological polar surface area (TPSA) is 104 Å². The van der Waals surface area contributed by atoms with E-state index >= 15 is 0 Å². The number of hydrogen-bond donors (Lipinski definition) is 1. The number of hydrogen-bond acceptors (Lipinski definition) is 7. The fraction of sp³-hybridized carbons (Fsp3) is 0.125. The molecule has 212 valence electrons. The first-order valence-electron chi connectivity index (χ1n) is 12.8. The summed E-state index contributed by atoms with van der Waals surface area (Å²) < 4.78 is 37.1. The van der Waals surface area contributed by atoms with Crippen LogP contribution in [0, 0.1) is 17.1 Å². The minimum Gasteiger partial charge on any atom is -0.490 e. The Hall–Kier alpha value is -4.71. The van der Waals surface area contributed by atoms with E-state index in [0.717, 1.165) is 5.56 Å². The van der Waals surface area contributed by atoms with Gasteiger partial charge in [0.2, 0.25) is 5.88 Å². The number of nitrogens with two attached hydrogens (primary N) is 1. The van der Waals surface area contributed by atoms with Crippen molar-refractivity contribution < 1.29 is 28.1 Å². The maximum absolute atomic E-state index is 14.1. The molecule has 0 spiro atoms. The molecular weight excluding hydrogens is 582 g/mol. The van der Waals surface area contributed by atoms with Crippen LogP contribution in [0.25, 0.3) is 0 Å². The lowest BCUT2D eigenvalue weighted by molar-refractivity contribution is 0.0729. The number of nitrogens with zero attached hydrogens (tertiary/aromatic N) is 1. The number of nitriles is 1. The molecule has 0 aliphatic carbocycles. The van der Waals surface area contributed by atoms with Gasteiger partial charge in [0.1, 0.15) is 35.6 Å². The number of esters is 1. The van der Waals surface area contributed by atoms with Gasteiger partial charge in [-0.3, -0.25) is 0 Å². The van der Waals surface area contributed by atoms with Gasteiger partial charge in [0.25, 0.3) is 0 Å². The highest BCUT2D eigenvalue weighted by atomic mass is 35.5. The molecule has 4 aromatic rings. The van der Waals surface area contributed by atoms with E-state index in [0.29, 0.717) is 39.3 Å². The molecule has 1 heterocycles. The van der Waals surface area contributed by atoms with Crippen molar-refractivity contribution in [3.63, 3.8) is 0 Å². The number of carbonyl (C=O) groups excluding carboxylic acids is 1. The molecule has 0 saturated heterocycles. The van der Waals surface area contributed by atoms with Crippen LogP contribution >= 0.6 is 23.2 Å². The molecule has 1 aliphatic rings. The Kier molecular flexibility index (Phi) is 8.53. The Bertz CT molecular complexity index is 1750. The van der Waals surface area contributed by atoms with Crippen LogP contribution in [-0.2, 0) is 6.61 Å². The van der Waals surface area contributed by atoms with Crippen LogP contribution in [0.4, 0.5) is 4.39 Å². The van der Waals surface area contributed by atoms with E-state index < -0.39 is 17.7 Å². The van der Waals surface area contributed by atoms with Gasteiger partial charge >= 0.3 is 5.97 Å². The smallest absolute Gasteiger partial charge is 0.346 e. The Morgan fingerprint density at radius 2 is 1.83 bits per heavy atom. The van der Waals surface area contributed by atoms with Gasteiger partial charge in [-0.05, 0) is 55.0 Å². The molecule has 5 rings (SSSR count). The first-order valence-corrected chi connectivity index (χ1v) is 13.6. The van der Waals surface area contributed by atoms with Crippen LogP contribution in [0.3, 0.4) is 0 Å². The first kappa shape index (κ1) is 28.8. The zero-order valence-electron chi connectivity index (χ0n) is 22.2. The summed E-state index contributed by atoms with van der Waals surface area (Å²) in [6.07, 6.45) is 0. The largest absolute Gasteiger partial charge is 0.490 e. The third-order valence-electron chi connectivity index (χ3n) is 6.49. The van der Waals surface area contributed by atoms with E-state index in [1.165, 1.54) is 30.3 Å². The molecular formula is C32H23Cl2FN2O5. The Balaban J connectivity index is 1.45. The molecule has 1 unspecified atom stereocenters. The Morgan fingerprint density at radius 3 is 2.57 bits per heavy atom. The predicted molar refractivity (Wildman–Crippen MR) is 156 cm³/mol. The van der Waals surface area contributed by atoms with Gasteiger partial charge in [0.15, 0.2) is 11.5 Å². The summed E-state index contributed by atoms with van der Waals surface area (Å²) in [5.41, 5.74) is 8.20. The highest BCUT2D eigenvalue weighted by Crippen LogP contribution is 2.45. The summed E-state index contributed by atoms with van der Waals surface area (Å²) in [5, 5.41) is 11.0. The summed E-state index contributed by atoms with van der Waals surface area (Å²) in [6, 6.07) is 22.8. The van der Waals surface area contributed by atoms with Crippen molar-refractivity contribution in [2.45, 2.75) is 19.4 Å². The monoisotopic (exact) mass is 604 g/mol. The zero-order valence-corrected chi connectivity index (χ0v) is 23.7. The number of halogens is 3. The van der Waals surface area contributed by atoms with Crippen LogP contribution in [0.5, 0.6) is 23.0 Å². The second-order valence-electron chi connectivity index (χ2n) is 9.16. The molecule has 2 N–H and O–H groups in total. The van der Waals surface area contributed by atoms with E-state index in [1.54, 1.807) is 48.5 Å². The minimum absolute atomic E-state index is 0.0942. The molecule has 1 atom stereocenters. The van der Waals surface area contributed by atoms with Gasteiger partial charge in [-0.2, -0.15) is 5.26 Å². The highest BCUT2D eigenvalue weighted by Gasteiger charge is 2.32. The van der Waals surface area contributed by atoms with Crippen LogP contribution < -0.4 is 24.7 Å². The van der Waals surface area contributed by atoms with Crippen molar-refractivity contribution in [2.24, 2.45) is 5.73 Å². The number of ether oxygens (including phenoxy) is 4. The van der Waals surface area contributed by atoms with Gasteiger partial charge < -0.3 is 24.7 Å². The molecule has 42 heavy (non-hydrogen) atoms. The molecule has 4 aromatic carbocycles. The van der Waals surface area contributed by atoms with Crippen molar-refractivity contribution >= 4 is 29.2 Å². The lowest BCUT2D eigenvalue weighted by Gasteiger charge is -2.27. The van der Waals surface area contributed by atoms with Crippen molar-refractivity contribution in [3.05, 3.63) is 128 Å². The van der Waals surface area contributed by atoms with Gasteiger partial charge in [0, 0.05) is 27.2 Å². The van der Waals surface area contributed by atoms with Gasteiger partial charge in [0.05, 0.1) is 18.1 Å². The van der Waals surface area contributed by atoms with Crippen LogP contribution in [0.15, 0.2) is 90.3 Å². The molecule has 0 bridgehead atoms. The van der Waals surface area contributed by atoms with Gasteiger partial charge in [-0.1, -0.05) is 53.5 Å². The Morgan fingerprint density at radius 1 is 1.02 bits per heavy atom. The molecule has 0 radical (unpaired) electrons. The average Bonchev–Trinajstić information content (AvgIpc) is 2.97. The molecule has 7 nitrogen and oxygen atoms in total. The number of allylic oxidation sites excluding steroid dienone is 1. The lowest BCUT2D eigenvalue weighted by atomic mass is 9.83. The predicted octanol–water partition coefficient (Wildman–Crippen LogP) is 7.55. The SMILES string of the molecule is CCOc1cc(C2C(C#N)=C(N)Oc3cc(OC(=O)c4ccccc4F)ccc32)ccc1OCc1ccc(Cl)cc1Cl. The van der Waals surface area contributed by atoms with Crippen LogP contribution in [-0.4, -0.2) is 12.6 Å². The Labute approximate surface area is 251 Å². The zero-order chi connectivity index (χ0) is 29.8. The highest BCUT2D eigenvalue weighted by molar-refractivity contribution is 6.35. The van der Waals surface area contributed by atoms with Crippen LogP contribution in [0.1, 0.15) is 39.9 Å². The molecule has 10 heteroatoms. The molecule has 0 aromatic heterocycles. The number of fused-ring (bicyclic) bond motifs is 1. The van der Waals surface area contributed by atoms with E-state index in [1.807, 2.05) is 6.92 Å². The fourth-order valence-corrected chi connectivity index (χ4v) is 4.98. The average molecular weight is 605 g/mol. The summed E-state index contributed by atoms with van der Waals surface area (Å²) >= 11 is 12.3. The maximum atomic E-state index is 14.1. The fourth-order valence-electron chi connectivity index (χ4n) is 4.52. The van der Waals surface area contributed by atoms with Crippen molar-refractivity contribution in [1.82, 2.24) is 0 Å². The third-order valence-corrected chi connectivity index (χ3v) is 7.08. The van der Waals surface area contributed by atoms with Gasteiger partial charge in [-0.15, -0.1) is 0 Å². The molecule has 1 aliphatic heterocycles. The normalized spacial score (nSPS) is 13.9. The van der Waals surface area contributed by atoms with Crippen LogP contribution in [0.2, 0.25) is 10.0 Å². The van der Waals surface area contributed by atoms with Crippen molar-refractivity contribution in [2.75, 3.05) is 6.61 Å². The van der Waals surface area contributed by atoms with E-state index in [-0.39, 0.29) is 35.1 Å².